The summed E-state index contributed by atoms with van der Waals surface area (Å²) in [6.45, 7) is 13.7. The van der Waals surface area contributed by atoms with E-state index < -0.39 is 0 Å². The van der Waals surface area contributed by atoms with E-state index in [1.54, 1.807) is 0 Å². The van der Waals surface area contributed by atoms with E-state index in [4.69, 9.17) is 4.74 Å². The van der Waals surface area contributed by atoms with Crippen molar-refractivity contribution in [1.29, 1.82) is 0 Å². The van der Waals surface area contributed by atoms with Crippen molar-refractivity contribution < 1.29 is 9.84 Å². The maximum atomic E-state index is 10.0. The molecule has 2 heteroatoms. The molecule has 0 amide bonds. The smallest absolute Gasteiger partial charge is 0.0839 e. The standard InChI is InChI=1S/C20H34O2/c1-6-18(3)12-8-16-19(4)11-7-10-17(2,14-21)15(19)9-13-20(16,5)22-18/h6,15-16,21H,1,7-14H2,2-5H3/t15-,16-,17-,18+,19+,20-/m1/s1. The zero-order valence-electron chi connectivity index (χ0n) is 15.0. The average Bonchev–Trinajstić information content (AvgIpc) is 2.46. The summed E-state index contributed by atoms with van der Waals surface area (Å²) >= 11 is 0. The molecule has 2 aliphatic carbocycles. The van der Waals surface area contributed by atoms with E-state index in [0.717, 1.165) is 12.8 Å². The second-order valence-electron chi connectivity index (χ2n) is 9.29. The Kier molecular flexibility index (Phi) is 3.81. The third-order valence-corrected chi connectivity index (χ3v) is 7.75. The van der Waals surface area contributed by atoms with E-state index in [9.17, 15) is 5.11 Å². The lowest BCUT2D eigenvalue weighted by Crippen LogP contribution is -2.63. The van der Waals surface area contributed by atoms with Crippen LogP contribution < -0.4 is 0 Å². The van der Waals surface area contributed by atoms with Gasteiger partial charge in [-0.3, -0.25) is 0 Å². The summed E-state index contributed by atoms with van der Waals surface area (Å²) in [7, 11) is 0. The summed E-state index contributed by atoms with van der Waals surface area (Å²) in [6.07, 6.45) is 10.3. The minimum atomic E-state index is -0.163. The van der Waals surface area contributed by atoms with Crippen LogP contribution in [0, 0.1) is 22.7 Å². The van der Waals surface area contributed by atoms with Gasteiger partial charge in [-0.1, -0.05) is 26.3 Å². The monoisotopic (exact) mass is 306 g/mol. The van der Waals surface area contributed by atoms with Gasteiger partial charge in [-0.25, -0.2) is 0 Å². The van der Waals surface area contributed by atoms with Crippen LogP contribution in [0.2, 0.25) is 0 Å². The SMILES string of the molecule is C=C[C@@]1(C)CC[C@@H]2[C@@]3(C)CCC[C@](C)(CO)[C@H]3CC[C@@]2(C)O1. The molecule has 1 saturated heterocycles. The number of aliphatic hydroxyl groups is 1. The van der Waals surface area contributed by atoms with E-state index in [2.05, 4.69) is 34.3 Å². The molecular weight excluding hydrogens is 272 g/mol. The molecule has 2 saturated carbocycles. The van der Waals surface area contributed by atoms with Crippen molar-refractivity contribution in [2.24, 2.45) is 22.7 Å². The molecule has 3 aliphatic rings. The summed E-state index contributed by atoms with van der Waals surface area (Å²) in [4.78, 5) is 0. The van der Waals surface area contributed by atoms with Crippen LogP contribution in [0.4, 0.5) is 0 Å². The van der Waals surface area contributed by atoms with Crippen molar-refractivity contribution in [1.82, 2.24) is 0 Å². The van der Waals surface area contributed by atoms with Gasteiger partial charge in [-0.2, -0.15) is 0 Å². The molecule has 3 rings (SSSR count). The predicted octanol–water partition coefficient (Wildman–Crippen LogP) is 4.72. The first kappa shape index (κ1) is 16.5. The zero-order valence-corrected chi connectivity index (χ0v) is 15.0. The fourth-order valence-electron chi connectivity index (χ4n) is 6.52. The van der Waals surface area contributed by atoms with E-state index in [1.165, 1.54) is 32.1 Å². The Hall–Kier alpha value is -0.340. The molecule has 6 atom stereocenters. The first-order valence-corrected chi connectivity index (χ1v) is 9.16. The molecule has 0 aromatic rings. The van der Waals surface area contributed by atoms with Gasteiger partial charge in [0.2, 0.25) is 0 Å². The van der Waals surface area contributed by atoms with Crippen molar-refractivity contribution >= 4 is 0 Å². The highest BCUT2D eigenvalue weighted by Gasteiger charge is 2.61. The van der Waals surface area contributed by atoms with Gasteiger partial charge in [0, 0.05) is 6.61 Å². The first-order chi connectivity index (χ1) is 10.2. The molecular formula is C20H34O2. The molecule has 2 nitrogen and oxygen atoms in total. The van der Waals surface area contributed by atoms with E-state index in [-0.39, 0.29) is 16.6 Å². The van der Waals surface area contributed by atoms with Crippen molar-refractivity contribution in [3.63, 3.8) is 0 Å². The normalized spacial score (nSPS) is 55.1. The van der Waals surface area contributed by atoms with Crippen LogP contribution in [-0.4, -0.2) is 22.9 Å². The third-order valence-electron chi connectivity index (χ3n) is 7.75. The van der Waals surface area contributed by atoms with E-state index in [0.29, 0.717) is 23.9 Å². The van der Waals surface area contributed by atoms with Gasteiger partial charge < -0.3 is 9.84 Å². The van der Waals surface area contributed by atoms with Gasteiger partial charge in [0.05, 0.1) is 11.2 Å². The first-order valence-electron chi connectivity index (χ1n) is 9.16. The number of rotatable bonds is 2. The highest BCUT2D eigenvalue weighted by Crippen LogP contribution is 2.65. The fourth-order valence-corrected chi connectivity index (χ4v) is 6.52. The quantitative estimate of drug-likeness (QED) is 0.748. The van der Waals surface area contributed by atoms with Crippen LogP contribution in [0.1, 0.15) is 72.6 Å². The summed E-state index contributed by atoms with van der Waals surface area (Å²) in [6, 6.07) is 0. The molecule has 0 aromatic carbocycles. The number of aliphatic hydroxyl groups excluding tert-OH is 1. The molecule has 126 valence electrons. The van der Waals surface area contributed by atoms with E-state index >= 15 is 0 Å². The number of fused-ring (bicyclic) bond motifs is 3. The Morgan fingerprint density at radius 1 is 1.05 bits per heavy atom. The molecule has 0 aromatic heterocycles. The Morgan fingerprint density at radius 2 is 1.73 bits per heavy atom. The fraction of sp³-hybridized carbons (Fsp3) is 0.900. The second kappa shape index (κ2) is 5.08. The minimum absolute atomic E-state index is 0.0276. The molecule has 1 N–H and O–H groups in total. The van der Waals surface area contributed by atoms with Crippen molar-refractivity contribution in [3.05, 3.63) is 12.7 Å². The van der Waals surface area contributed by atoms with E-state index in [1.807, 2.05) is 6.08 Å². The summed E-state index contributed by atoms with van der Waals surface area (Å²) in [5, 5.41) is 10.0. The lowest BCUT2D eigenvalue weighted by atomic mass is 9.44. The second-order valence-corrected chi connectivity index (χ2v) is 9.29. The number of ether oxygens (including phenoxy) is 1. The van der Waals surface area contributed by atoms with Crippen LogP contribution in [-0.2, 0) is 4.74 Å². The molecule has 0 radical (unpaired) electrons. The number of hydrogen-bond donors (Lipinski definition) is 1. The largest absolute Gasteiger partial charge is 0.396 e. The zero-order chi connectivity index (χ0) is 16.2. The van der Waals surface area contributed by atoms with Crippen LogP contribution in [0.5, 0.6) is 0 Å². The van der Waals surface area contributed by atoms with Crippen LogP contribution >= 0.6 is 0 Å². The Morgan fingerprint density at radius 3 is 2.36 bits per heavy atom. The Balaban J connectivity index is 1.94. The van der Waals surface area contributed by atoms with Crippen molar-refractivity contribution in [2.75, 3.05) is 6.61 Å². The van der Waals surface area contributed by atoms with Gasteiger partial charge in [-0.15, -0.1) is 6.58 Å². The Labute approximate surface area is 136 Å². The predicted molar refractivity (Wildman–Crippen MR) is 90.7 cm³/mol. The minimum Gasteiger partial charge on any atom is -0.396 e. The maximum Gasteiger partial charge on any atom is 0.0839 e. The maximum absolute atomic E-state index is 10.0. The molecule has 0 bridgehead atoms. The van der Waals surface area contributed by atoms with Gasteiger partial charge in [0.25, 0.3) is 0 Å². The molecule has 3 fully saturated rings. The third kappa shape index (κ3) is 2.21. The highest BCUT2D eigenvalue weighted by atomic mass is 16.5. The molecule has 1 aliphatic heterocycles. The molecule has 0 spiro atoms. The topological polar surface area (TPSA) is 29.5 Å². The lowest BCUT2D eigenvalue weighted by molar-refractivity contribution is -0.256. The lowest BCUT2D eigenvalue weighted by Gasteiger charge is -2.65. The molecule has 22 heavy (non-hydrogen) atoms. The van der Waals surface area contributed by atoms with Crippen LogP contribution in [0.25, 0.3) is 0 Å². The summed E-state index contributed by atoms with van der Waals surface area (Å²) in [5.74, 6) is 1.24. The van der Waals surface area contributed by atoms with Crippen molar-refractivity contribution in [2.45, 2.75) is 83.8 Å². The highest BCUT2D eigenvalue weighted by molar-refractivity contribution is 5.13. The van der Waals surface area contributed by atoms with Crippen molar-refractivity contribution in [3.8, 4) is 0 Å². The number of hydrogen-bond acceptors (Lipinski definition) is 2. The van der Waals surface area contributed by atoms with Gasteiger partial charge in [0.1, 0.15) is 0 Å². The summed E-state index contributed by atoms with van der Waals surface area (Å²) < 4.78 is 6.65. The van der Waals surface area contributed by atoms with Gasteiger partial charge in [-0.05, 0) is 75.0 Å². The van der Waals surface area contributed by atoms with Crippen LogP contribution in [0.15, 0.2) is 12.7 Å². The summed E-state index contributed by atoms with van der Waals surface area (Å²) in [5.41, 5.74) is 0.224. The van der Waals surface area contributed by atoms with Gasteiger partial charge >= 0.3 is 0 Å². The van der Waals surface area contributed by atoms with Gasteiger partial charge in [0.15, 0.2) is 0 Å². The average molecular weight is 306 g/mol. The molecule has 1 heterocycles. The van der Waals surface area contributed by atoms with Crippen LogP contribution in [0.3, 0.4) is 0 Å². The Bertz CT molecular complexity index is 461. The molecule has 0 unspecified atom stereocenters.